The van der Waals surface area contributed by atoms with Gasteiger partial charge < -0.3 is 10.3 Å². The Balaban J connectivity index is 2.50. The second-order valence-electron chi connectivity index (χ2n) is 3.51. The zero-order chi connectivity index (χ0) is 13.6. The molecule has 0 aromatic carbocycles. The zero-order valence-corrected chi connectivity index (χ0v) is 10.7. The minimum Gasteiger partial charge on any atom is -0.351 e. The smallest absolute Gasteiger partial charge is 0.251 e. The predicted octanol–water partition coefficient (Wildman–Crippen LogP) is -0.956. The van der Waals surface area contributed by atoms with Crippen molar-refractivity contribution in [2.24, 2.45) is 0 Å². The van der Waals surface area contributed by atoms with E-state index in [4.69, 9.17) is 0 Å². The van der Waals surface area contributed by atoms with E-state index in [1.165, 1.54) is 12.3 Å². The monoisotopic (exact) mass is 273 g/mol. The first-order valence-corrected chi connectivity index (χ1v) is 7.04. The van der Waals surface area contributed by atoms with E-state index >= 15 is 0 Å². The number of sulfonamides is 1. The van der Waals surface area contributed by atoms with Crippen molar-refractivity contribution in [3.63, 3.8) is 0 Å². The number of hydrogen-bond donors (Lipinski definition) is 3. The fourth-order valence-electron chi connectivity index (χ4n) is 1.28. The molecule has 0 saturated carbocycles. The summed E-state index contributed by atoms with van der Waals surface area (Å²) >= 11 is 0. The van der Waals surface area contributed by atoms with Crippen molar-refractivity contribution in [3.8, 4) is 0 Å². The van der Waals surface area contributed by atoms with Crippen molar-refractivity contribution in [1.29, 1.82) is 0 Å². The van der Waals surface area contributed by atoms with E-state index < -0.39 is 15.9 Å². The Morgan fingerprint density at radius 2 is 2.17 bits per heavy atom. The fourth-order valence-corrected chi connectivity index (χ4v) is 2.23. The zero-order valence-electron chi connectivity index (χ0n) is 9.89. The van der Waals surface area contributed by atoms with Gasteiger partial charge in [-0.25, -0.2) is 13.1 Å². The van der Waals surface area contributed by atoms with Crippen LogP contribution in [0.5, 0.6) is 0 Å². The molecule has 1 aromatic heterocycles. The van der Waals surface area contributed by atoms with Crippen molar-refractivity contribution in [3.05, 3.63) is 34.2 Å². The average molecular weight is 273 g/mol. The Labute approximate surface area is 105 Å². The van der Waals surface area contributed by atoms with E-state index in [9.17, 15) is 18.0 Å². The number of H-pyrrole nitrogens is 1. The Kier molecular flexibility index (Phi) is 5.05. The van der Waals surface area contributed by atoms with Gasteiger partial charge in [-0.2, -0.15) is 0 Å². The van der Waals surface area contributed by atoms with E-state index in [1.807, 2.05) is 0 Å². The Morgan fingerprint density at radius 3 is 2.78 bits per heavy atom. The molecule has 1 rings (SSSR count). The number of hydrogen-bond acceptors (Lipinski definition) is 4. The van der Waals surface area contributed by atoms with Crippen LogP contribution in [0.3, 0.4) is 0 Å². The summed E-state index contributed by atoms with van der Waals surface area (Å²) in [5.74, 6) is -0.678. The van der Waals surface area contributed by atoms with Gasteiger partial charge in [0.25, 0.3) is 5.91 Å². The maximum Gasteiger partial charge on any atom is 0.251 e. The van der Waals surface area contributed by atoms with Crippen LogP contribution in [0.15, 0.2) is 23.1 Å². The van der Waals surface area contributed by atoms with Crippen LogP contribution in [0, 0.1) is 0 Å². The number of carbonyl (C=O) groups excluding carboxylic acids is 1. The molecule has 1 aromatic rings. The second-order valence-corrected chi connectivity index (χ2v) is 5.44. The SMILES string of the molecule is CCNS(=O)(=O)CCNC(=O)c1cc[nH]c(=O)c1. The highest BCUT2D eigenvalue weighted by atomic mass is 32.2. The first-order valence-electron chi connectivity index (χ1n) is 5.39. The van der Waals surface area contributed by atoms with Gasteiger partial charge >= 0.3 is 0 Å². The molecule has 0 aliphatic heterocycles. The number of rotatable bonds is 6. The van der Waals surface area contributed by atoms with Gasteiger partial charge in [-0.15, -0.1) is 0 Å². The van der Waals surface area contributed by atoms with Crippen LogP contribution in [0.1, 0.15) is 17.3 Å². The fraction of sp³-hybridized carbons (Fsp3) is 0.400. The number of carbonyl (C=O) groups is 1. The van der Waals surface area contributed by atoms with Gasteiger partial charge in [0.2, 0.25) is 15.6 Å². The van der Waals surface area contributed by atoms with E-state index in [0.29, 0.717) is 6.54 Å². The van der Waals surface area contributed by atoms with Crippen LogP contribution < -0.4 is 15.6 Å². The summed E-state index contributed by atoms with van der Waals surface area (Å²) in [7, 11) is -3.35. The molecule has 0 bridgehead atoms. The lowest BCUT2D eigenvalue weighted by molar-refractivity contribution is 0.0956. The molecule has 3 N–H and O–H groups in total. The third-order valence-electron chi connectivity index (χ3n) is 2.06. The van der Waals surface area contributed by atoms with Crippen LogP contribution in [0.25, 0.3) is 0 Å². The number of aromatic nitrogens is 1. The number of aromatic amines is 1. The molecule has 0 aliphatic rings. The van der Waals surface area contributed by atoms with Crippen LogP contribution in [-0.4, -0.2) is 38.2 Å². The average Bonchev–Trinajstić information content (AvgIpc) is 2.28. The van der Waals surface area contributed by atoms with Crippen LogP contribution >= 0.6 is 0 Å². The Bertz CT molecular complexity index is 564. The molecule has 0 unspecified atom stereocenters. The minimum absolute atomic E-state index is 0.0129. The standard InChI is InChI=1S/C10H15N3O4S/c1-2-13-18(16,17)6-5-12-10(15)8-3-4-11-9(14)7-8/h3-4,7,13H,2,5-6H2,1H3,(H,11,14)(H,12,15). The second kappa shape index (κ2) is 6.31. The lowest BCUT2D eigenvalue weighted by Gasteiger charge is -2.06. The van der Waals surface area contributed by atoms with Gasteiger partial charge in [0.1, 0.15) is 0 Å². The molecule has 8 heteroatoms. The molecule has 7 nitrogen and oxygen atoms in total. The molecule has 100 valence electrons. The first kappa shape index (κ1) is 14.4. The molecule has 0 saturated heterocycles. The molecule has 18 heavy (non-hydrogen) atoms. The molecule has 1 amide bonds. The molecule has 0 spiro atoms. The highest BCUT2D eigenvalue weighted by Gasteiger charge is 2.10. The van der Waals surface area contributed by atoms with Crippen molar-refractivity contribution in [2.45, 2.75) is 6.92 Å². The molecule has 0 radical (unpaired) electrons. The summed E-state index contributed by atoms with van der Waals surface area (Å²) < 4.78 is 24.9. The van der Waals surface area contributed by atoms with E-state index in [1.54, 1.807) is 6.92 Å². The third-order valence-corrected chi connectivity index (χ3v) is 3.53. The molecular weight excluding hydrogens is 258 g/mol. The number of pyridine rings is 1. The first-order chi connectivity index (χ1) is 8.44. The quantitative estimate of drug-likeness (QED) is 0.620. The topological polar surface area (TPSA) is 108 Å². The Hall–Kier alpha value is -1.67. The molecule has 0 atom stereocenters. The number of amides is 1. The summed E-state index contributed by atoms with van der Waals surface area (Å²) in [6.07, 6.45) is 1.35. The van der Waals surface area contributed by atoms with Crippen molar-refractivity contribution in [2.75, 3.05) is 18.8 Å². The largest absolute Gasteiger partial charge is 0.351 e. The van der Waals surface area contributed by atoms with E-state index in [-0.39, 0.29) is 23.4 Å². The molecular formula is C10H15N3O4S. The maximum atomic E-state index is 11.6. The molecule has 0 aliphatic carbocycles. The molecule has 0 fully saturated rings. The van der Waals surface area contributed by atoms with Crippen molar-refractivity contribution < 1.29 is 13.2 Å². The molecule has 1 heterocycles. The highest BCUT2D eigenvalue weighted by Crippen LogP contribution is 1.92. The number of nitrogens with one attached hydrogen (secondary N) is 3. The summed E-state index contributed by atoms with van der Waals surface area (Å²) in [4.78, 5) is 24.9. The van der Waals surface area contributed by atoms with E-state index in [0.717, 1.165) is 6.07 Å². The summed E-state index contributed by atoms with van der Waals surface area (Å²) in [5.41, 5.74) is -0.192. The highest BCUT2D eigenvalue weighted by molar-refractivity contribution is 7.89. The van der Waals surface area contributed by atoms with Gasteiger partial charge in [0.15, 0.2) is 0 Å². The maximum absolute atomic E-state index is 11.6. The van der Waals surface area contributed by atoms with Crippen LogP contribution in [0.2, 0.25) is 0 Å². The van der Waals surface area contributed by atoms with Gasteiger partial charge in [-0.05, 0) is 6.07 Å². The summed E-state index contributed by atoms with van der Waals surface area (Å²) in [5, 5.41) is 2.43. The summed E-state index contributed by atoms with van der Waals surface area (Å²) in [6.45, 7) is 1.97. The van der Waals surface area contributed by atoms with Crippen LogP contribution in [0.4, 0.5) is 0 Å². The lowest BCUT2D eigenvalue weighted by atomic mass is 10.2. The third kappa shape index (κ3) is 4.68. The lowest BCUT2D eigenvalue weighted by Crippen LogP contribution is -2.34. The van der Waals surface area contributed by atoms with Gasteiger partial charge in [0.05, 0.1) is 5.75 Å². The van der Waals surface area contributed by atoms with Crippen molar-refractivity contribution in [1.82, 2.24) is 15.0 Å². The van der Waals surface area contributed by atoms with Gasteiger partial charge in [-0.3, -0.25) is 9.59 Å². The normalized spacial score (nSPS) is 11.2. The van der Waals surface area contributed by atoms with Crippen molar-refractivity contribution >= 4 is 15.9 Å². The Morgan fingerprint density at radius 1 is 1.44 bits per heavy atom. The minimum atomic E-state index is -3.35. The van der Waals surface area contributed by atoms with Gasteiger partial charge in [-0.1, -0.05) is 6.92 Å². The van der Waals surface area contributed by atoms with Crippen LogP contribution in [-0.2, 0) is 10.0 Å². The van der Waals surface area contributed by atoms with Gasteiger partial charge in [0, 0.05) is 30.9 Å². The van der Waals surface area contributed by atoms with E-state index in [2.05, 4.69) is 15.0 Å². The summed E-state index contributed by atoms with van der Waals surface area (Å²) in [6, 6.07) is 2.59. The predicted molar refractivity (Wildman–Crippen MR) is 66.9 cm³/mol.